The van der Waals surface area contributed by atoms with E-state index in [1.54, 1.807) is 6.07 Å². The van der Waals surface area contributed by atoms with Gasteiger partial charge >= 0.3 is 0 Å². The molecule has 1 saturated heterocycles. The minimum Gasteiger partial charge on any atom is -0.381 e. The summed E-state index contributed by atoms with van der Waals surface area (Å²) < 4.78 is 35.1. The summed E-state index contributed by atoms with van der Waals surface area (Å²) in [5.74, 6) is -1.40. The molecule has 2 aliphatic rings. The first-order valence-corrected chi connectivity index (χ1v) is 11.4. The molecule has 4 heterocycles. The van der Waals surface area contributed by atoms with Gasteiger partial charge in [-0.15, -0.1) is 0 Å². The van der Waals surface area contributed by atoms with Crippen molar-refractivity contribution < 1.29 is 13.5 Å². The van der Waals surface area contributed by atoms with Gasteiger partial charge in [0.1, 0.15) is 11.6 Å². The number of hydrogen-bond acceptors (Lipinski definition) is 5. The third kappa shape index (κ3) is 5.91. The molecule has 0 spiro atoms. The van der Waals surface area contributed by atoms with Gasteiger partial charge in [-0.3, -0.25) is 14.5 Å². The van der Waals surface area contributed by atoms with Gasteiger partial charge in [0.05, 0.1) is 23.3 Å². The van der Waals surface area contributed by atoms with Gasteiger partial charge in [-0.2, -0.15) is 10.2 Å². The third-order valence-electron chi connectivity index (χ3n) is 5.58. The predicted octanol–water partition coefficient (Wildman–Crippen LogP) is 4.68. The molecule has 1 aliphatic carbocycles. The van der Waals surface area contributed by atoms with E-state index in [1.165, 1.54) is 62.3 Å². The maximum atomic E-state index is 13.9. The summed E-state index contributed by atoms with van der Waals surface area (Å²) in [7, 11) is 1.53. The normalized spacial score (nSPS) is 15.1. The Morgan fingerprint density at radius 3 is 2.38 bits per heavy atom. The fourth-order valence-electron chi connectivity index (χ4n) is 3.58. The Morgan fingerprint density at radius 1 is 1.00 bits per heavy atom. The number of nitrogens with zero attached hydrogens (tertiary/aromatic N) is 5. The van der Waals surface area contributed by atoms with Crippen molar-refractivity contribution in [2.45, 2.75) is 38.1 Å². The molecule has 9 heteroatoms. The van der Waals surface area contributed by atoms with Crippen LogP contribution in [-0.2, 0) is 11.8 Å². The summed E-state index contributed by atoms with van der Waals surface area (Å²) in [6.45, 7) is 2.00. The highest BCUT2D eigenvalue weighted by atomic mass is 19.1. The minimum atomic E-state index is -0.731. The number of aryl methyl sites for hydroxylation is 1. The number of rotatable bonds is 2. The summed E-state index contributed by atoms with van der Waals surface area (Å²) in [5.41, 5.74) is 0.103. The van der Waals surface area contributed by atoms with Crippen LogP contribution in [0.2, 0.25) is 0 Å². The van der Waals surface area contributed by atoms with Gasteiger partial charge in [0, 0.05) is 55.9 Å². The molecule has 0 atom stereocenters. The predicted molar refractivity (Wildman–Crippen MR) is 125 cm³/mol. The lowest BCUT2D eigenvalue weighted by Crippen LogP contribution is -2.19. The SMILES string of the molecule is C1CCOCC1.Cn1ncc2c(-c3ccc(F)cc3F)nccc2c1=O.c1cnn(C2CC2)c1. The number of pyridine rings is 1. The smallest absolute Gasteiger partial charge is 0.274 e. The van der Waals surface area contributed by atoms with Crippen LogP contribution in [-0.4, -0.2) is 37.8 Å². The molecule has 1 aromatic carbocycles. The Bertz CT molecular complexity index is 1270. The molecule has 4 aromatic rings. The van der Waals surface area contributed by atoms with E-state index in [9.17, 15) is 13.6 Å². The maximum absolute atomic E-state index is 13.9. The summed E-state index contributed by atoms with van der Waals surface area (Å²) in [4.78, 5) is 16.1. The molecule has 0 bridgehead atoms. The second kappa shape index (κ2) is 11.1. The number of aromatic nitrogens is 5. The molecule has 3 aromatic heterocycles. The number of halogens is 2. The molecule has 1 saturated carbocycles. The zero-order valence-corrected chi connectivity index (χ0v) is 19.0. The van der Waals surface area contributed by atoms with E-state index in [0.29, 0.717) is 10.8 Å². The van der Waals surface area contributed by atoms with Crippen LogP contribution in [0.25, 0.3) is 22.0 Å². The molecule has 2 fully saturated rings. The van der Waals surface area contributed by atoms with E-state index < -0.39 is 11.6 Å². The van der Waals surface area contributed by atoms with E-state index >= 15 is 0 Å². The zero-order chi connectivity index (χ0) is 23.9. The van der Waals surface area contributed by atoms with Crippen LogP contribution in [0.1, 0.15) is 38.1 Å². The van der Waals surface area contributed by atoms with Crippen molar-refractivity contribution in [3.8, 4) is 11.3 Å². The van der Waals surface area contributed by atoms with E-state index in [2.05, 4.69) is 15.2 Å². The topological polar surface area (TPSA) is 74.8 Å². The minimum absolute atomic E-state index is 0.132. The van der Waals surface area contributed by atoms with Crippen molar-refractivity contribution in [3.05, 3.63) is 77.1 Å². The average Bonchev–Trinajstić information content (AvgIpc) is 3.57. The van der Waals surface area contributed by atoms with Crippen LogP contribution in [0.15, 0.2) is 59.9 Å². The molecule has 7 nitrogen and oxygen atoms in total. The molecule has 6 rings (SSSR count). The lowest BCUT2D eigenvalue weighted by molar-refractivity contribution is 0.0968. The molecule has 178 valence electrons. The fraction of sp³-hybridized carbons (Fsp3) is 0.360. The molecule has 0 amide bonds. The number of fused-ring (bicyclic) bond motifs is 1. The van der Waals surface area contributed by atoms with E-state index in [-0.39, 0.29) is 16.8 Å². The molecule has 0 N–H and O–H groups in total. The van der Waals surface area contributed by atoms with Crippen molar-refractivity contribution in [2.75, 3.05) is 13.2 Å². The van der Waals surface area contributed by atoms with Crippen molar-refractivity contribution in [2.24, 2.45) is 7.05 Å². The first-order valence-electron chi connectivity index (χ1n) is 11.4. The average molecular weight is 468 g/mol. The van der Waals surface area contributed by atoms with Gasteiger partial charge in [0.2, 0.25) is 0 Å². The molecular weight excluding hydrogens is 440 g/mol. The fourth-order valence-corrected chi connectivity index (χ4v) is 3.58. The molecule has 34 heavy (non-hydrogen) atoms. The van der Waals surface area contributed by atoms with Gasteiger partial charge in [-0.1, -0.05) is 0 Å². The van der Waals surface area contributed by atoms with Gasteiger partial charge < -0.3 is 4.74 Å². The van der Waals surface area contributed by atoms with E-state index in [1.807, 2.05) is 23.1 Å². The van der Waals surface area contributed by atoms with E-state index in [4.69, 9.17) is 4.74 Å². The van der Waals surface area contributed by atoms with Crippen LogP contribution >= 0.6 is 0 Å². The van der Waals surface area contributed by atoms with E-state index in [0.717, 1.165) is 31.4 Å². The highest BCUT2D eigenvalue weighted by molar-refractivity contribution is 5.93. The van der Waals surface area contributed by atoms with Crippen LogP contribution in [0.4, 0.5) is 8.78 Å². The molecule has 0 radical (unpaired) electrons. The zero-order valence-electron chi connectivity index (χ0n) is 19.0. The Labute approximate surface area is 196 Å². The molecular formula is C25H27F2N5O2. The number of ether oxygens (including phenoxy) is 1. The Balaban J connectivity index is 0.000000158. The first-order chi connectivity index (χ1) is 16.5. The van der Waals surface area contributed by atoms with Crippen LogP contribution < -0.4 is 5.56 Å². The van der Waals surface area contributed by atoms with Gasteiger partial charge in [0.25, 0.3) is 5.56 Å². The molecule has 1 aliphatic heterocycles. The lowest BCUT2D eigenvalue weighted by Gasteiger charge is -2.08. The largest absolute Gasteiger partial charge is 0.381 e. The number of hydrogen-bond donors (Lipinski definition) is 0. The second-order valence-electron chi connectivity index (χ2n) is 8.21. The second-order valence-corrected chi connectivity index (χ2v) is 8.21. The van der Waals surface area contributed by atoms with Gasteiger partial charge in [-0.05, 0) is 56.4 Å². The third-order valence-corrected chi connectivity index (χ3v) is 5.58. The van der Waals surface area contributed by atoms with Crippen molar-refractivity contribution >= 4 is 10.8 Å². The molecule has 0 unspecified atom stereocenters. The Morgan fingerprint density at radius 2 is 1.79 bits per heavy atom. The lowest BCUT2D eigenvalue weighted by atomic mass is 10.1. The highest BCUT2D eigenvalue weighted by Crippen LogP contribution is 2.33. The maximum Gasteiger partial charge on any atom is 0.274 e. The Kier molecular flexibility index (Phi) is 7.74. The van der Waals surface area contributed by atoms with Crippen molar-refractivity contribution in [3.63, 3.8) is 0 Å². The van der Waals surface area contributed by atoms with Crippen molar-refractivity contribution in [1.29, 1.82) is 0 Å². The van der Waals surface area contributed by atoms with Crippen LogP contribution in [0, 0.1) is 11.6 Å². The van der Waals surface area contributed by atoms with Gasteiger partial charge in [-0.25, -0.2) is 13.5 Å². The highest BCUT2D eigenvalue weighted by Gasteiger charge is 2.22. The Hall–Kier alpha value is -3.46. The summed E-state index contributed by atoms with van der Waals surface area (Å²) >= 11 is 0. The first kappa shape index (κ1) is 23.7. The summed E-state index contributed by atoms with van der Waals surface area (Å²) in [5, 5.41) is 8.82. The standard InChI is InChI=1S/C14H9F2N3O.C6H8N2.C5H10O/c1-19-14(20)9-4-5-17-13(11(9)7-18-19)10-3-2-8(15)6-12(10)16;1-4-7-8(5-1)6-2-3-6;1-2-4-6-5-3-1/h2-7H,1H3;1,4-6H,2-3H2;1-5H2. The number of benzene rings is 1. The van der Waals surface area contributed by atoms with Gasteiger partial charge in [0.15, 0.2) is 0 Å². The van der Waals surface area contributed by atoms with Crippen LogP contribution in [0.5, 0.6) is 0 Å². The quantitative estimate of drug-likeness (QED) is 0.428. The van der Waals surface area contributed by atoms with Crippen molar-refractivity contribution in [1.82, 2.24) is 24.5 Å². The summed E-state index contributed by atoms with van der Waals surface area (Å²) in [6, 6.07) is 7.48. The van der Waals surface area contributed by atoms with Crippen LogP contribution in [0.3, 0.4) is 0 Å². The summed E-state index contributed by atoms with van der Waals surface area (Å²) in [6.07, 6.45) is 13.3. The monoisotopic (exact) mass is 467 g/mol.